The molecular weight excluding hydrogens is 286 g/mol. The van der Waals surface area contributed by atoms with Crippen molar-refractivity contribution in [2.24, 2.45) is 5.41 Å². The third-order valence-electron chi connectivity index (χ3n) is 4.66. The number of ether oxygens (including phenoxy) is 1. The number of nitrogens with zero attached hydrogens (tertiary/aromatic N) is 3. The number of carbonyl (C=O) groups excluding carboxylic acids is 1. The van der Waals surface area contributed by atoms with E-state index in [0.29, 0.717) is 19.6 Å². The Morgan fingerprint density at radius 3 is 3.10 bits per heavy atom. The van der Waals surface area contributed by atoms with Gasteiger partial charge in [0.1, 0.15) is 0 Å². The Morgan fingerprint density at radius 1 is 1.43 bits per heavy atom. The SMILES string of the molecule is COCCN1C[C@]2(CCCN(c3nccs3)C2)CCC1=O. The number of methoxy groups -OCH3 is 1. The van der Waals surface area contributed by atoms with Gasteiger partial charge in [-0.2, -0.15) is 0 Å². The summed E-state index contributed by atoms with van der Waals surface area (Å²) >= 11 is 1.71. The number of aromatic nitrogens is 1. The molecule has 2 saturated heterocycles. The van der Waals surface area contributed by atoms with E-state index in [4.69, 9.17) is 4.74 Å². The molecule has 0 N–H and O–H groups in total. The number of anilines is 1. The maximum Gasteiger partial charge on any atom is 0.222 e. The number of rotatable bonds is 4. The van der Waals surface area contributed by atoms with Gasteiger partial charge in [0, 0.05) is 56.7 Å². The van der Waals surface area contributed by atoms with E-state index in [1.54, 1.807) is 18.4 Å². The number of carbonyl (C=O) groups is 1. The number of piperidine rings is 2. The highest BCUT2D eigenvalue weighted by atomic mass is 32.1. The summed E-state index contributed by atoms with van der Waals surface area (Å²) in [6.07, 6.45) is 5.96. The first-order valence-corrected chi connectivity index (χ1v) is 8.52. The Labute approximate surface area is 129 Å². The van der Waals surface area contributed by atoms with Gasteiger partial charge >= 0.3 is 0 Å². The minimum Gasteiger partial charge on any atom is -0.383 e. The molecule has 6 heteroatoms. The number of hydrogen-bond acceptors (Lipinski definition) is 5. The fraction of sp³-hybridized carbons (Fsp3) is 0.733. The molecule has 1 amide bonds. The van der Waals surface area contributed by atoms with Crippen LogP contribution in [-0.4, -0.2) is 55.7 Å². The number of thiazole rings is 1. The molecule has 3 heterocycles. The summed E-state index contributed by atoms with van der Waals surface area (Å²) < 4.78 is 5.14. The normalized spacial score (nSPS) is 26.6. The first kappa shape index (κ1) is 14.8. The molecule has 0 radical (unpaired) electrons. The van der Waals surface area contributed by atoms with E-state index in [1.807, 2.05) is 16.5 Å². The summed E-state index contributed by atoms with van der Waals surface area (Å²) in [6.45, 7) is 4.32. The van der Waals surface area contributed by atoms with E-state index in [2.05, 4.69) is 9.88 Å². The van der Waals surface area contributed by atoms with Gasteiger partial charge in [0.2, 0.25) is 5.91 Å². The molecule has 0 saturated carbocycles. The van der Waals surface area contributed by atoms with Crippen molar-refractivity contribution >= 4 is 22.4 Å². The van der Waals surface area contributed by atoms with Crippen LogP contribution in [0.25, 0.3) is 0 Å². The Kier molecular flexibility index (Phi) is 4.45. The van der Waals surface area contributed by atoms with Crippen molar-refractivity contribution in [2.75, 3.05) is 44.8 Å². The second-order valence-electron chi connectivity index (χ2n) is 6.15. The molecule has 3 rings (SSSR count). The Balaban J connectivity index is 1.69. The van der Waals surface area contributed by atoms with E-state index >= 15 is 0 Å². The quantitative estimate of drug-likeness (QED) is 0.853. The van der Waals surface area contributed by atoms with Gasteiger partial charge in [-0.25, -0.2) is 4.98 Å². The van der Waals surface area contributed by atoms with E-state index < -0.39 is 0 Å². The van der Waals surface area contributed by atoms with Crippen molar-refractivity contribution in [3.8, 4) is 0 Å². The molecule has 0 aromatic carbocycles. The van der Waals surface area contributed by atoms with Crippen LogP contribution in [0.2, 0.25) is 0 Å². The molecule has 116 valence electrons. The van der Waals surface area contributed by atoms with Crippen LogP contribution in [0.3, 0.4) is 0 Å². The lowest BCUT2D eigenvalue weighted by Gasteiger charge is -2.48. The van der Waals surface area contributed by atoms with Crippen LogP contribution < -0.4 is 4.90 Å². The van der Waals surface area contributed by atoms with Crippen LogP contribution in [-0.2, 0) is 9.53 Å². The average molecular weight is 309 g/mol. The summed E-state index contributed by atoms with van der Waals surface area (Å²) in [4.78, 5) is 20.9. The molecule has 0 unspecified atom stereocenters. The maximum atomic E-state index is 12.1. The maximum absolute atomic E-state index is 12.1. The molecule has 1 spiro atoms. The second-order valence-corrected chi connectivity index (χ2v) is 7.02. The lowest BCUT2D eigenvalue weighted by molar-refractivity contribution is -0.138. The van der Waals surface area contributed by atoms with Gasteiger partial charge in [0.05, 0.1) is 6.61 Å². The predicted octanol–water partition coefficient (Wildman–Crippen LogP) is 2.00. The first-order chi connectivity index (χ1) is 10.2. The molecule has 1 atom stereocenters. The molecule has 2 aliphatic heterocycles. The van der Waals surface area contributed by atoms with Crippen molar-refractivity contribution < 1.29 is 9.53 Å². The summed E-state index contributed by atoms with van der Waals surface area (Å²) in [7, 11) is 1.69. The third kappa shape index (κ3) is 3.21. The molecule has 5 nitrogen and oxygen atoms in total. The van der Waals surface area contributed by atoms with E-state index in [9.17, 15) is 4.79 Å². The predicted molar refractivity (Wildman–Crippen MR) is 83.7 cm³/mol. The number of amides is 1. The summed E-state index contributed by atoms with van der Waals surface area (Å²) in [5, 5.41) is 3.15. The minimum atomic E-state index is 0.242. The van der Waals surface area contributed by atoms with Crippen LogP contribution >= 0.6 is 11.3 Å². The number of likely N-dealkylation sites (tertiary alicyclic amines) is 1. The second kappa shape index (κ2) is 6.32. The van der Waals surface area contributed by atoms with Crippen molar-refractivity contribution in [2.45, 2.75) is 25.7 Å². The van der Waals surface area contributed by atoms with Gasteiger partial charge in [0.15, 0.2) is 5.13 Å². The topological polar surface area (TPSA) is 45.7 Å². The van der Waals surface area contributed by atoms with Crippen LogP contribution in [0.15, 0.2) is 11.6 Å². The molecule has 0 aliphatic carbocycles. The Bertz CT molecular complexity index is 479. The highest BCUT2D eigenvalue weighted by molar-refractivity contribution is 7.13. The Morgan fingerprint density at radius 2 is 2.33 bits per heavy atom. The molecule has 2 fully saturated rings. The smallest absolute Gasteiger partial charge is 0.222 e. The van der Waals surface area contributed by atoms with Crippen molar-refractivity contribution in [1.82, 2.24) is 9.88 Å². The highest BCUT2D eigenvalue weighted by Crippen LogP contribution is 2.40. The number of hydrogen-bond donors (Lipinski definition) is 0. The van der Waals surface area contributed by atoms with Gasteiger partial charge < -0.3 is 14.5 Å². The molecule has 1 aromatic rings. The van der Waals surface area contributed by atoms with E-state index in [1.165, 1.54) is 12.8 Å². The van der Waals surface area contributed by atoms with E-state index in [-0.39, 0.29) is 11.3 Å². The first-order valence-electron chi connectivity index (χ1n) is 7.64. The minimum absolute atomic E-state index is 0.242. The molecule has 2 aliphatic rings. The van der Waals surface area contributed by atoms with Crippen LogP contribution in [0.5, 0.6) is 0 Å². The lowest BCUT2D eigenvalue weighted by atomic mass is 9.73. The molecular formula is C15H23N3O2S. The van der Waals surface area contributed by atoms with Gasteiger partial charge in [-0.3, -0.25) is 4.79 Å². The van der Waals surface area contributed by atoms with Gasteiger partial charge in [-0.05, 0) is 19.3 Å². The van der Waals surface area contributed by atoms with E-state index in [0.717, 1.165) is 31.2 Å². The zero-order chi connectivity index (χ0) is 14.7. The zero-order valence-corrected chi connectivity index (χ0v) is 13.4. The van der Waals surface area contributed by atoms with Gasteiger partial charge in [-0.15, -0.1) is 11.3 Å². The molecule has 1 aromatic heterocycles. The third-order valence-corrected chi connectivity index (χ3v) is 5.50. The molecule has 21 heavy (non-hydrogen) atoms. The van der Waals surface area contributed by atoms with Crippen molar-refractivity contribution in [3.05, 3.63) is 11.6 Å². The zero-order valence-electron chi connectivity index (χ0n) is 12.6. The van der Waals surface area contributed by atoms with Crippen LogP contribution in [0.4, 0.5) is 5.13 Å². The van der Waals surface area contributed by atoms with Crippen LogP contribution in [0.1, 0.15) is 25.7 Å². The average Bonchev–Trinajstić information content (AvgIpc) is 3.03. The summed E-state index contributed by atoms with van der Waals surface area (Å²) in [5.41, 5.74) is 0.242. The summed E-state index contributed by atoms with van der Waals surface area (Å²) in [6, 6.07) is 0. The van der Waals surface area contributed by atoms with Crippen LogP contribution in [0, 0.1) is 5.41 Å². The van der Waals surface area contributed by atoms with Gasteiger partial charge in [0.25, 0.3) is 0 Å². The molecule has 0 bridgehead atoms. The Hall–Kier alpha value is -1.14. The largest absolute Gasteiger partial charge is 0.383 e. The monoisotopic (exact) mass is 309 g/mol. The highest BCUT2D eigenvalue weighted by Gasteiger charge is 2.41. The lowest BCUT2D eigenvalue weighted by Crippen LogP contribution is -2.54. The van der Waals surface area contributed by atoms with Gasteiger partial charge in [-0.1, -0.05) is 0 Å². The van der Waals surface area contributed by atoms with Crippen molar-refractivity contribution in [3.63, 3.8) is 0 Å². The fourth-order valence-corrected chi connectivity index (χ4v) is 4.25. The summed E-state index contributed by atoms with van der Waals surface area (Å²) in [5.74, 6) is 0.282. The standard InChI is InChI=1S/C15H23N3O2S/c1-20-9-8-17-11-15(5-3-13(17)19)4-2-7-18(12-15)14-16-6-10-21-14/h6,10H,2-5,7-9,11-12H2,1H3/t15-/m0/s1. The van der Waals surface area contributed by atoms with Crippen molar-refractivity contribution in [1.29, 1.82) is 0 Å². The fourth-order valence-electron chi connectivity index (χ4n) is 3.58.